The van der Waals surface area contributed by atoms with Gasteiger partial charge in [-0.1, -0.05) is 11.6 Å². The zero-order valence-electron chi connectivity index (χ0n) is 11.8. The van der Waals surface area contributed by atoms with E-state index in [0.717, 1.165) is 11.1 Å². The number of sulfonamides is 1. The topological polar surface area (TPSA) is 76.5 Å². The van der Waals surface area contributed by atoms with Crippen LogP contribution in [0.3, 0.4) is 0 Å². The third-order valence-electron chi connectivity index (χ3n) is 3.33. The number of hydrogen-bond donors (Lipinski definition) is 1. The van der Waals surface area contributed by atoms with Crippen LogP contribution >= 0.6 is 11.6 Å². The molecule has 0 spiro atoms. The molecule has 5 nitrogen and oxygen atoms in total. The Hall–Kier alpha value is -1.34. The number of hydrogen-bond acceptors (Lipinski definition) is 4. The average Bonchev–Trinajstić information content (AvgIpc) is 2.93. The molecule has 0 atom stereocenters. The molecule has 1 aromatic heterocycles. The molecule has 0 bridgehead atoms. The Morgan fingerprint density at radius 1 is 1.38 bits per heavy atom. The molecule has 21 heavy (non-hydrogen) atoms. The Morgan fingerprint density at radius 3 is 2.67 bits per heavy atom. The van der Waals surface area contributed by atoms with E-state index in [1.54, 1.807) is 19.1 Å². The highest BCUT2D eigenvalue weighted by Crippen LogP contribution is 2.27. The lowest BCUT2D eigenvalue weighted by molar-refractivity contribution is 0.462. The molecule has 1 heterocycles. The lowest BCUT2D eigenvalue weighted by Crippen LogP contribution is -2.27. The normalized spacial score (nSPS) is 12.0. The van der Waals surface area contributed by atoms with E-state index in [4.69, 9.17) is 21.8 Å². The van der Waals surface area contributed by atoms with Crippen LogP contribution in [-0.2, 0) is 23.1 Å². The second kappa shape index (κ2) is 6.19. The monoisotopic (exact) mass is 328 g/mol. The highest BCUT2D eigenvalue weighted by Gasteiger charge is 2.24. The van der Waals surface area contributed by atoms with Crippen LogP contribution in [-0.4, -0.2) is 19.8 Å². The molecule has 0 radical (unpaired) electrons. The molecule has 0 unspecified atom stereocenters. The van der Waals surface area contributed by atoms with Crippen molar-refractivity contribution in [1.29, 1.82) is 0 Å². The molecular formula is C14H17ClN2O3S. The van der Waals surface area contributed by atoms with Crippen molar-refractivity contribution >= 4 is 21.6 Å². The molecule has 0 saturated heterocycles. The molecule has 0 amide bonds. The van der Waals surface area contributed by atoms with Gasteiger partial charge in [-0.15, -0.1) is 0 Å². The molecule has 0 fully saturated rings. The molecule has 0 aliphatic rings. The van der Waals surface area contributed by atoms with Crippen molar-refractivity contribution in [1.82, 2.24) is 4.31 Å². The van der Waals surface area contributed by atoms with Crippen LogP contribution in [0.5, 0.6) is 0 Å². The van der Waals surface area contributed by atoms with Gasteiger partial charge in [-0.25, -0.2) is 8.42 Å². The van der Waals surface area contributed by atoms with E-state index in [1.165, 1.54) is 29.9 Å². The van der Waals surface area contributed by atoms with Gasteiger partial charge in [0.05, 0.1) is 17.4 Å². The van der Waals surface area contributed by atoms with Gasteiger partial charge < -0.3 is 10.2 Å². The molecule has 2 rings (SSSR count). The van der Waals surface area contributed by atoms with Crippen LogP contribution in [0, 0.1) is 6.92 Å². The van der Waals surface area contributed by atoms with Gasteiger partial charge in [-0.2, -0.15) is 4.31 Å². The van der Waals surface area contributed by atoms with Crippen molar-refractivity contribution in [3.8, 4) is 0 Å². The van der Waals surface area contributed by atoms with Crippen molar-refractivity contribution in [2.24, 2.45) is 5.73 Å². The zero-order chi connectivity index (χ0) is 15.6. The first-order valence-corrected chi connectivity index (χ1v) is 8.14. The third kappa shape index (κ3) is 3.29. The maximum Gasteiger partial charge on any atom is 0.243 e. The SMILES string of the molecule is Cc1c(CN)cc(Cl)cc1S(=O)(=O)N(C)Cc1ccoc1. The molecule has 0 aliphatic heterocycles. The summed E-state index contributed by atoms with van der Waals surface area (Å²) in [6, 6.07) is 4.87. The molecule has 114 valence electrons. The summed E-state index contributed by atoms with van der Waals surface area (Å²) in [4.78, 5) is 0.182. The highest BCUT2D eigenvalue weighted by molar-refractivity contribution is 7.89. The Labute approximate surface area is 129 Å². The summed E-state index contributed by atoms with van der Waals surface area (Å²) >= 11 is 6.00. The van der Waals surface area contributed by atoms with Crippen LogP contribution in [0.15, 0.2) is 40.0 Å². The largest absolute Gasteiger partial charge is 0.472 e. The average molecular weight is 329 g/mol. The zero-order valence-corrected chi connectivity index (χ0v) is 13.4. The number of benzene rings is 1. The maximum absolute atomic E-state index is 12.7. The van der Waals surface area contributed by atoms with E-state index in [0.29, 0.717) is 10.6 Å². The summed E-state index contributed by atoms with van der Waals surface area (Å²) in [6.45, 7) is 2.19. The Morgan fingerprint density at radius 2 is 2.10 bits per heavy atom. The minimum Gasteiger partial charge on any atom is -0.472 e. The molecule has 1 aromatic carbocycles. The van der Waals surface area contributed by atoms with Gasteiger partial charge in [0.15, 0.2) is 0 Å². The number of rotatable bonds is 5. The van der Waals surface area contributed by atoms with Gasteiger partial charge in [0.1, 0.15) is 0 Å². The highest BCUT2D eigenvalue weighted by atomic mass is 35.5. The fourth-order valence-corrected chi connectivity index (χ4v) is 3.83. The fourth-order valence-electron chi connectivity index (χ4n) is 2.08. The van der Waals surface area contributed by atoms with E-state index in [2.05, 4.69) is 0 Å². The standard InChI is InChI=1S/C14H17ClN2O3S/c1-10-12(7-16)5-13(15)6-14(10)21(18,19)17(2)8-11-3-4-20-9-11/h3-6,9H,7-8,16H2,1-2H3. The van der Waals surface area contributed by atoms with Crippen LogP contribution in [0.4, 0.5) is 0 Å². The van der Waals surface area contributed by atoms with Crippen molar-refractivity contribution in [3.63, 3.8) is 0 Å². The van der Waals surface area contributed by atoms with E-state index in [-0.39, 0.29) is 18.0 Å². The molecule has 2 aromatic rings. The maximum atomic E-state index is 12.7. The minimum absolute atomic E-state index is 0.182. The summed E-state index contributed by atoms with van der Waals surface area (Å²) in [6.07, 6.45) is 3.02. The molecular weight excluding hydrogens is 312 g/mol. The van der Waals surface area contributed by atoms with Crippen LogP contribution in [0.25, 0.3) is 0 Å². The molecule has 0 aliphatic carbocycles. The molecule has 7 heteroatoms. The van der Waals surface area contributed by atoms with Gasteiger partial charge >= 0.3 is 0 Å². The van der Waals surface area contributed by atoms with E-state index >= 15 is 0 Å². The predicted molar refractivity (Wildman–Crippen MR) is 81.4 cm³/mol. The van der Waals surface area contributed by atoms with Crippen LogP contribution in [0.1, 0.15) is 16.7 Å². The van der Waals surface area contributed by atoms with Crippen molar-refractivity contribution < 1.29 is 12.8 Å². The fraction of sp³-hybridized carbons (Fsp3) is 0.286. The first-order valence-electron chi connectivity index (χ1n) is 6.32. The third-order valence-corrected chi connectivity index (χ3v) is 5.47. The number of nitrogens with two attached hydrogens (primary N) is 1. The number of halogens is 1. The molecule has 0 saturated carbocycles. The first kappa shape index (κ1) is 16.0. The van der Waals surface area contributed by atoms with Crippen molar-refractivity contribution in [3.05, 3.63) is 52.4 Å². The lowest BCUT2D eigenvalue weighted by Gasteiger charge is -2.19. The van der Waals surface area contributed by atoms with Gasteiger partial charge in [-0.05, 0) is 36.2 Å². The first-order chi connectivity index (χ1) is 9.86. The summed E-state index contributed by atoms with van der Waals surface area (Å²) in [7, 11) is -2.13. The van der Waals surface area contributed by atoms with Gasteiger partial charge in [-0.3, -0.25) is 0 Å². The smallest absolute Gasteiger partial charge is 0.243 e. The van der Waals surface area contributed by atoms with Gasteiger partial charge in [0, 0.05) is 30.7 Å². The Kier molecular flexibility index (Phi) is 4.73. The summed E-state index contributed by atoms with van der Waals surface area (Å²) < 4.78 is 31.6. The number of furan rings is 1. The lowest BCUT2D eigenvalue weighted by atomic mass is 10.1. The molecule has 2 N–H and O–H groups in total. The van der Waals surface area contributed by atoms with Crippen LogP contribution < -0.4 is 5.73 Å². The van der Waals surface area contributed by atoms with E-state index in [1.807, 2.05) is 0 Å². The van der Waals surface area contributed by atoms with Gasteiger partial charge in [0.25, 0.3) is 0 Å². The number of nitrogens with zero attached hydrogens (tertiary/aromatic N) is 1. The van der Waals surface area contributed by atoms with Crippen molar-refractivity contribution in [2.75, 3.05) is 7.05 Å². The summed E-state index contributed by atoms with van der Waals surface area (Å²) in [5, 5.41) is 0.358. The van der Waals surface area contributed by atoms with Gasteiger partial charge in [0.2, 0.25) is 10.0 Å². The summed E-state index contributed by atoms with van der Waals surface area (Å²) in [5.74, 6) is 0. The quantitative estimate of drug-likeness (QED) is 0.915. The van der Waals surface area contributed by atoms with Crippen LogP contribution in [0.2, 0.25) is 5.02 Å². The Balaban J connectivity index is 2.41. The second-order valence-corrected chi connectivity index (χ2v) is 7.23. The van der Waals surface area contributed by atoms with E-state index in [9.17, 15) is 8.42 Å². The van der Waals surface area contributed by atoms with E-state index < -0.39 is 10.0 Å². The predicted octanol–water partition coefficient (Wildman–Crippen LogP) is 2.52. The summed E-state index contributed by atoms with van der Waals surface area (Å²) in [5.41, 5.74) is 7.76. The second-order valence-electron chi connectivity index (χ2n) is 4.78. The van der Waals surface area contributed by atoms with Crippen molar-refractivity contribution in [2.45, 2.75) is 24.9 Å². The minimum atomic E-state index is -3.65. The Bertz CT molecular complexity index is 727.